The Morgan fingerprint density at radius 2 is 2.08 bits per heavy atom. The maximum absolute atomic E-state index is 10.7. The molecule has 1 aromatic carbocycles. The van der Waals surface area contributed by atoms with Crippen LogP contribution in [0.5, 0.6) is 0 Å². The van der Waals surface area contributed by atoms with Crippen LogP contribution in [0.1, 0.15) is 11.1 Å². The van der Waals surface area contributed by atoms with Crippen LogP contribution in [-0.2, 0) is 17.6 Å². The fourth-order valence-electron chi connectivity index (χ4n) is 1.80. The van der Waals surface area contributed by atoms with Crippen LogP contribution in [0.3, 0.4) is 0 Å². The van der Waals surface area contributed by atoms with Gasteiger partial charge in [-0.1, -0.05) is 24.3 Å². The van der Waals surface area contributed by atoms with Gasteiger partial charge >= 0.3 is 0 Å². The standard InChI is InChI=1S/C11H13NO/c13-8-11-7-10-4-2-1-3-9(10)5-6-12-11/h1-4,8,11-12H,5-7H2. The predicted octanol–water partition coefficient (Wildman–Crippen LogP) is 0.942. The first-order valence-corrected chi connectivity index (χ1v) is 4.65. The van der Waals surface area contributed by atoms with E-state index in [-0.39, 0.29) is 6.04 Å². The van der Waals surface area contributed by atoms with Crippen molar-refractivity contribution in [3.8, 4) is 0 Å². The van der Waals surface area contributed by atoms with Crippen molar-refractivity contribution in [3.63, 3.8) is 0 Å². The molecule has 1 atom stereocenters. The summed E-state index contributed by atoms with van der Waals surface area (Å²) in [5.41, 5.74) is 2.68. The van der Waals surface area contributed by atoms with Gasteiger partial charge in [-0.15, -0.1) is 0 Å². The minimum atomic E-state index is 0.00338. The Labute approximate surface area is 78.0 Å². The zero-order chi connectivity index (χ0) is 9.10. The van der Waals surface area contributed by atoms with Crippen molar-refractivity contribution in [1.82, 2.24) is 5.32 Å². The number of hydrogen-bond acceptors (Lipinski definition) is 2. The second kappa shape index (κ2) is 3.71. The molecule has 0 radical (unpaired) electrons. The first-order valence-electron chi connectivity index (χ1n) is 4.65. The van der Waals surface area contributed by atoms with Gasteiger partial charge in [-0.3, -0.25) is 0 Å². The highest BCUT2D eigenvalue weighted by Crippen LogP contribution is 2.13. The summed E-state index contributed by atoms with van der Waals surface area (Å²) in [4.78, 5) is 10.7. The Bertz CT molecular complexity index is 309. The van der Waals surface area contributed by atoms with Crippen molar-refractivity contribution in [3.05, 3.63) is 35.4 Å². The molecule has 68 valence electrons. The lowest BCUT2D eigenvalue weighted by Gasteiger charge is -2.07. The molecule has 1 aliphatic rings. The van der Waals surface area contributed by atoms with Crippen molar-refractivity contribution >= 4 is 6.29 Å². The molecule has 2 nitrogen and oxygen atoms in total. The Hall–Kier alpha value is -1.15. The molecule has 13 heavy (non-hydrogen) atoms. The minimum absolute atomic E-state index is 0.00338. The van der Waals surface area contributed by atoms with Crippen LogP contribution < -0.4 is 5.32 Å². The maximum atomic E-state index is 10.7. The van der Waals surface area contributed by atoms with E-state index in [4.69, 9.17) is 0 Å². The number of carbonyl (C=O) groups is 1. The van der Waals surface area contributed by atoms with Crippen molar-refractivity contribution < 1.29 is 4.79 Å². The van der Waals surface area contributed by atoms with Gasteiger partial charge in [-0.25, -0.2) is 0 Å². The van der Waals surface area contributed by atoms with Gasteiger partial charge in [0.1, 0.15) is 6.29 Å². The molecular weight excluding hydrogens is 162 g/mol. The van der Waals surface area contributed by atoms with Gasteiger partial charge in [-0.2, -0.15) is 0 Å². The van der Waals surface area contributed by atoms with Gasteiger partial charge in [-0.05, 0) is 30.5 Å². The maximum Gasteiger partial charge on any atom is 0.137 e. The molecule has 1 aromatic rings. The third-order valence-corrected chi connectivity index (χ3v) is 2.52. The molecular formula is C11H13NO. The van der Waals surface area contributed by atoms with Gasteiger partial charge in [0.15, 0.2) is 0 Å². The van der Waals surface area contributed by atoms with Crippen LogP contribution in [0.15, 0.2) is 24.3 Å². The van der Waals surface area contributed by atoms with E-state index >= 15 is 0 Å². The summed E-state index contributed by atoms with van der Waals surface area (Å²) in [6, 6.07) is 8.35. The van der Waals surface area contributed by atoms with Gasteiger partial charge in [0, 0.05) is 0 Å². The van der Waals surface area contributed by atoms with Crippen LogP contribution in [0.4, 0.5) is 0 Å². The number of benzene rings is 1. The van der Waals surface area contributed by atoms with Gasteiger partial charge < -0.3 is 10.1 Å². The summed E-state index contributed by atoms with van der Waals surface area (Å²) in [6.07, 6.45) is 2.86. The van der Waals surface area contributed by atoms with E-state index in [0.29, 0.717) is 0 Å². The number of rotatable bonds is 1. The Balaban J connectivity index is 2.28. The summed E-state index contributed by atoms with van der Waals surface area (Å²) in [7, 11) is 0. The molecule has 1 N–H and O–H groups in total. The van der Waals surface area contributed by atoms with Crippen molar-refractivity contribution in [1.29, 1.82) is 0 Å². The largest absolute Gasteiger partial charge is 0.307 e. The highest BCUT2D eigenvalue weighted by atomic mass is 16.1. The topological polar surface area (TPSA) is 29.1 Å². The van der Waals surface area contributed by atoms with Crippen LogP contribution in [0.25, 0.3) is 0 Å². The van der Waals surface area contributed by atoms with E-state index in [1.807, 2.05) is 6.07 Å². The quantitative estimate of drug-likeness (QED) is 0.644. The van der Waals surface area contributed by atoms with E-state index in [0.717, 1.165) is 25.7 Å². The van der Waals surface area contributed by atoms with Crippen LogP contribution in [-0.4, -0.2) is 18.9 Å². The van der Waals surface area contributed by atoms with Crippen molar-refractivity contribution in [2.24, 2.45) is 0 Å². The molecule has 1 heterocycles. The predicted molar refractivity (Wildman–Crippen MR) is 51.7 cm³/mol. The molecule has 0 fully saturated rings. The van der Waals surface area contributed by atoms with Gasteiger partial charge in [0.25, 0.3) is 0 Å². The van der Waals surface area contributed by atoms with Crippen LogP contribution in [0, 0.1) is 0 Å². The number of carbonyl (C=O) groups excluding carboxylic acids is 1. The molecule has 0 spiro atoms. The summed E-state index contributed by atoms with van der Waals surface area (Å²) < 4.78 is 0. The SMILES string of the molecule is O=CC1Cc2ccccc2CCN1. The van der Waals surface area contributed by atoms with Gasteiger partial charge in [0.2, 0.25) is 0 Å². The lowest BCUT2D eigenvalue weighted by molar-refractivity contribution is -0.109. The monoisotopic (exact) mass is 175 g/mol. The molecule has 0 amide bonds. The lowest BCUT2D eigenvalue weighted by atomic mass is 10.0. The number of nitrogens with one attached hydrogen (secondary N) is 1. The van der Waals surface area contributed by atoms with Crippen molar-refractivity contribution in [2.75, 3.05) is 6.54 Å². The first-order chi connectivity index (χ1) is 6.40. The highest BCUT2D eigenvalue weighted by Gasteiger charge is 2.13. The molecule has 0 saturated carbocycles. The first kappa shape index (κ1) is 8.45. The van der Waals surface area contributed by atoms with Crippen LogP contribution >= 0.6 is 0 Å². The number of fused-ring (bicyclic) bond motifs is 1. The summed E-state index contributed by atoms with van der Waals surface area (Å²) in [5, 5.41) is 3.21. The smallest absolute Gasteiger partial charge is 0.137 e. The molecule has 2 rings (SSSR count). The van der Waals surface area contributed by atoms with Gasteiger partial charge in [0.05, 0.1) is 6.04 Å². The third-order valence-electron chi connectivity index (χ3n) is 2.52. The normalized spacial score (nSPS) is 21.7. The van der Waals surface area contributed by atoms with E-state index < -0.39 is 0 Å². The molecule has 0 aromatic heterocycles. The van der Waals surface area contributed by atoms with E-state index in [1.54, 1.807) is 0 Å². The minimum Gasteiger partial charge on any atom is -0.307 e. The lowest BCUT2D eigenvalue weighted by Crippen LogP contribution is -2.31. The molecule has 0 aliphatic carbocycles. The Kier molecular flexibility index (Phi) is 2.41. The molecule has 0 bridgehead atoms. The van der Waals surface area contributed by atoms with E-state index in [1.165, 1.54) is 11.1 Å². The van der Waals surface area contributed by atoms with E-state index in [9.17, 15) is 4.79 Å². The summed E-state index contributed by atoms with van der Waals surface area (Å²) in [6.45, 7) is 0.903. The average Bonchev–Trinajstić information content (AvgIpc) is 2.38. The zero-order valence-electron chi connectivity index (χ0n) is 7.49. The highest BCUT2D eigenvalue weighted by molar-refractivity contribution is 5.59. The van der Waals surface area contributed by atoms with Crippen molar-refractivity contribution in [2.45, 2.75) is 18.9 Å². The fraction of sp³-hybridized carbons (Fsp3) is 0.364. The number of hydrogen-bond donors (Lipinski definition) is 1. The summed E-state index contributed by atoms with van der Waals surface area (Å²) in [5.74, 6) is 0. The fourth-order valence-corrected chi connectivity index (χ4v) is 1.80. The van der Waals surface area contributed by atoms with E-state index in [2.05, 4.69) is 23.5 Å². The second-order valence-corrected chi connectivity index (χ2v) is 3.42. The second-order valence-electron chi connectivity index (χ2n) is 3.42. The third kappa shape index (κ3) is 1.78. The molecule has 0 saturated heterocycles. The zero-order valence-corrected chi connectivity index (χ0v) is 7.49. The molecule has 1 aliphatic heterocycles. The Morgan fingerprint density at radius 3 is 2.85 bits per heavy atom. The average molecular weight is 175 g/mol. The summed E-state index contributed by atoms with van der Waals surface area (Å²) >= 11 is 0. The molecule has 1 unspecified atom stereocenters. The molecule has 2 heteroatoms. The number of aldehydes is 1. The van der Waals surface area contributed by atoms with Crippen LogP contribution in [0.2, 0.25) is 0 Å². The Morgan fingerprint density at radius 1 is 1.31 bits per heavy atom.